The van der Waals surface area contributed by atoms with Gasteiger partial charge in [0.2, 0.25) is 0 Å². The molecule has 0 saturated carbocycles. The normalized spacial score (nSPS) is 14.2. The van der Waals surface area contributed by atoms with Gasteiger partial charge in [0.25, 0.3) is 7.82 Å². The van der Waals surface area contributed by atoms with Crippen LogP contribution in [0.25, 0.3) is 11.3 Å². The summed E-state index contributed by atoms with van der Waals surface area (Å²) in [5, 5.41) is 15.6. The average Bonchev–Trinajstić information content (AvgIpc) is 3.76. The Balaban J connectivity index is 0.00000520. The second-order valence-electron chi connectivity index (χ2n) is 10.2. The third kappa shape index (κ3) is 9.06. The molecule has 3 aromatic carbocycles. The number of esters is 1. The zero-order chi connectivity index (χ0) is 33.6. The number of hydrogen-bond donors (Lipinski definition) is 1. The van der Waals surface area contributed by atoms with Crippen LogP contribution in [0.3, 0.4) is 0 Å². The van der Waals surface area contributed by atoms with Crippen LogP contribution < -0.4 is 34.5 Å². The molecule has 3 unspecified atom stereocenters. The van der Waals surface area contributed by atoms with Gasteiger partial charge in [-0.25, -0.2) is 28.2 Å². The Labute approximate surface area is 299 Å². The summed E-state index contributed by atoms with van der Waals surface area (Å²) in [7, 11) is -4.99. The van der Waals surface area contributed by atoms with Crippen LogP contribution in [0.5, 0.6) is 0 Å². The molecule has 0 amide bonds. The summed E-state index contributed by atoms with van der Waals surface area (Å²) >= 11 is 1.27. The number of halogens is 2. The number of nitriles is 1. The smallest absolute Gasteiger partial charge is 0.756 e. The van der Waals surface area contributed by atoms with Crippen molar-refractivity contribution in [3.05, 3.63) is 124 Å². The first-order valence-corrected chi connectivity index (χ1v) is 16.2. The van der Waals surface area contributed by atoms with Crippen LogP contribution in [0.4, 0.5) is 8.78 Å². The van der Waals surface area contributed by atoms with Crippen LogP contribution >= 0.6 is 19.2 Å². The van der Waals surface area contributed by atoms with E-state index in [0.717, 1.165) is 17.7 Å². The van der Waals surface area contributed by atoms with E-state index in [2.05, 4.69) is 20.7 Å². The van der Waals surface area contributed by atoms with Crippen LogP contribution in [0, 0.1) is 23.0 Å². The molecular weight excluding hydrogens is 678 g/mol. The number of thiazole rings is 1. The van der Waals surface area contributed by atoms with Crippen molar-refractivity contribution in [2.45, 2.75) is 31.6 Å². The first-order valence-electron chi connectivity index (χ1n) is 13.8. The Kier molecular flexibility index (Phi) is 12.5. The second-order valence-corrected chi connectivity index (χ2v) is 12.3. The zero-order valence-electron chi connectivity index (χ0n) is 25.5. The van der Waals surface area contributed by atoms with Crippen LogP contribution in [-0.2, 0) is 37.3 Å². The van der Waals surface area contributed by atoms with Crippen molar-refractivity contribution < 1.29 is 71.5 Å². The molecule has 2 heterocycles. The molecule has 0 bridgehead atoms. The second kappa shape index (κ2) is 16.1. The Morgan fingerprint density at radius 3 is 2.62 bits per heavy atom. The molecule has 0 spiro atoms. The van der Waals surface area contributed by atoms with Crippen molar-refractivity contribution in [3.8, 4) is 17.3 Å². The molecule has 12 nitrogen and oxygen atoms in total. The van der Waals surface area contributed by atoms with E-state index < -0.39 is 50.3 Å². The molecule has 2 aromatic heterocycles. The fourth-order valence-electron chi connectivity index (χ4n) is 4.84. The molecule has 3 atom stereocenters. The number of phosphoric acid groups is 1. The molecule has 17 heteroatoms. The molecule has 48 heavy (non-hydrogen) atoms. The van der Waals surface area contributed by atoms with Gasteiger partial charge >= 0.3 is 35.5 Å². The van der Waals surface area contributed by atoms with Crippen molar-refractivity contribution in [2.24, 2.45) is 0 Å². The molecule has 0 saturated heterocycles. The number of benzene rings is 3. The van der Waals surface area contributed by atoms with Gasteiger partial charge in [-0.1, -0.05) is 37.3 Å². The van der Waals surface area contributed by atoms with E-state index in [9.17, 15) is 18.6 Å². The van der Waals surface area contributed by atoms with E-state index in [1.54, 1.807) is 36.6 Å². The minimum absolute atomic E-state index is 0. The van der Waals surface area contributed by atoms with Crippen LogP contribution in [0.15, 0.2) is 84.8 Å². The molecule has 5 rings (SSSR count). The van der Waals surface area contributed by atoms with E-state index in [-0.39, 0.29) is 52.8 Å². The van der Waals surface area contributed by atoms with E-state index in [1.165, 1.54) is 59.0 Å². The van der Waals surface area contributed by atoms with E-state index in [0.29, 0.717) is 16.3 Å². The predicted molar refractivity (Wildman–Crippen MR) is 161 cm³/mol. The van der Waals surface area contributed by atoms with Gasteiger partial charge in [0.15, 0.2) is 6.79 Å². The van der Waals surface area contributed by atoms with Gasteiger partial charge in [-0.15, -0.1) is 11.3 Å². The molecule has 0 aliphatic carbocycles. The number of carbonyl (C=O) groups excluding carboxylic acids is 1. The van der Waals surface area contributed by atoms with Crippen molar-refractivity contribution >= 4 is 25.1 Å². The molecule has 0 radical (unpaired) electrons. The summed E-state index contributed by atoms with van der Waals surface area (Å²) in [6.07, 6.45) is 2.67. The summed E-state index contributed by atoms with van der Waals surface area (Å²) < 4.78 is 58.2. The Hall–Kier alpha value is -3.68. The monoisotopic (exact) mass is 703 g/mol. The fraction of sp³-hybridized carbons (Fsp3) is 0.194. The van der Waals surface area contributed by atoms with Crippen LogP contribution in [0.1, 0.15) is 44.9 Å². The number of rotatable bonds is 13. The quantitative estimate of drug-likeness (QED) is 0.0824. The maximum Gasteiger partial charge on any atom is 1.00 e. The number of hydrogen-bond acceptors (Lipinski definition) is 11. The van der Waals surface area contributed by atoms with E-state index in [1.807, 2.05) is 0 Å². The number of aromatic nitrogens is 4. The molecule has 0 aliphatic heterocycles. The summed E-state index contributed by atoms with van der Waals surface area (Å²) in [5.41, 5.74) is 0.361. The van der Waals surface area contributed by atoms with E-state index in [4.69, 9.17) is 24.6 Å². The SMILES string of the molecule is CC(c1nc(-c2ccc(C#N)cc2)cs1)C(Cn1cncn1)(OCOC(=O)c1cccc(COP(=O)([O-])O)c1)c1ccc(F)cc1F.[Na+]. The molecule has 0 fully saturated rings. The van der Waals surface area contributed by atoms with Gasteiger partial charge in [0, 0.05) is 28.5 Å². The molecule has 5 aromatic rings. The van der Waals surface area contributed by atoms with Gasteiger partial charge in [-0.2, -0.15) is 10.4 Å². The standard InChI is InChI=1S/C31H26F2N5O7PS.Na/c1-20(29-37-28(15-47-29)23-7-5-21(13-34)6-8-23)31(16-38-18-35-17-36-38,26-10-9-25(32)12-27(26)33)44-19-43-30(39)24-4-2-3-22(11-24)14-45-46(40,41)42;/h2-12,15,17-18,20H,14,16,19H2,1H3,(H2,40,41,42);/q;+1/p-1. The number of phosphoric ester groups is 1. The predicted octanol–water partition coefficient (Wildman–Crippen LogP) is 2.06. The van der Waals surface area contributed by atoms with Gasteiger partial charge in [-0.3, -0.25) is 4.57 Å². The summed E-state index contributed by atoms with van der Waals surface area (Å²) in [6.45, 7) is 0.372. The topological polar surface area (TPSA) is 173 Å². The average molecular weight is 704 g/mol. The fourth-order valence-corrected chi connectivity index (χ4v) is 6.12. The minimum atomic E-state index is -4.99. The Morgan fingerprint density at radius 1 is 1.19 bits per heavy atom. The third-order valence-electron chi connectivity index (χ3n) is 7.22. The maximum absolute atomic E-state index is 15.7. The number of ether oxygens (including phenoxy) is 2. The Bertz CT molecular complexity index is 1950. The number of nitrogens with zero attached hydrogens (tertiary/aromatic N) is 5. The first kappa shape index (κ1) is 37.1. The van der Waals surface area contributed by atoms with Crippen molar-refractivity contribution in [1.82, 2.24) is 19.7 Å². The van der Waals surface area contributed by atoms with Crippen molar-refractivity contribution in [3.63, 3.8) is 0 Å². The summed E-state index contributed by atoms with van der Waals surface area (Å²) in [6, 6.07) is 17.6. The third-order valence-corrected chi connectivity index (χ3v) is 8.70. The number of carbonyl (C=O) groups is 1. The van der Waals surface area contributed by atoms with Crippen LogP contribution in [-0.4, -0.2) is 37.4 Å². The maximum atomic E-state index is 15.7. The van der Waals surface area contributed by atoms with Crippen molar-refractivity contribution in [1.29, 1.82) is 5.26 Å². The molecule has 0 aliphatic rings. The first-order chi connectivity index (χ1) is 22.5. The summed E-state index contributed by atoms with van der Waals surface area (Å²) in [4.78, 5) is 41.6. The minimum Gasteiger partial charge on any atom is -0.756 e. The van der Waals surface area contributed by atoms with Crippen LogP contribution in [0.2, 0.25) is 0 Å². The van der Waals surface area contributed by atoms with Gasteiger partial charge in [0.05, 0.1) is 41.0 Å². The van der Waals surface area contributed by atoms with Gasteiger partial charge in [-0.05, 0) is 35.9 Å². The molecule has 242 valence electrons. The van der Waals surface area contributed by atoms with E-state index >= 15 is 4.39 Å². The van der Waals surface area contributed by atoms with Crippen molar-refractivity contribution in [2.75, 3.05) is 6.79 Å². The van der Waals surface area contributed by atoms with Gasteiger partial charge < -0.3 is 23.8 Å². The van der Waals surface area contributed by atoms with Gasteiger partial charge in [0.1, 0.15) is 29.9 Å². The largest absolute Gasteiger partial charge is 1.00 e. The zero-order valence-corrected chi connectivity index (χ0v) is 29.2. The molecular formula is C31H25F2N5NaO7PS. The molecule has 1 N–H and O–H groups in total. The Morgan fingerprint density at radius 2 is 1.96 bits per heavy atom. The summed E-state index contributed by atoms with van der Waals surface area (Å²) in [5.74, 6) is -3.33.